The molecule has 1 aliphatic heterocycles. The van der Waals surface area contributed by atoms with E-state index in [1.165, 1.54) is 19.3 Å². The zero-order chi connectivity index (χ0) is 16.9. The zero-order valence-corrected chi connectivity index (χ0v) is 14.6. The van der Waals surface area contributed by atoms with E-state index in [1.807, 2.05) is 18.7 Å². The van der Waals surface area contributed by atoms with Crippen molar-refractivity contribution in [3.05, 3.63) is 18.2 Å². The Hall–Kier alpha value is -1.71. The standard InChI is InChI=1S/C19H29NO3/c1-4-7-8-9-10-13-20-16-12-11-15(21)14-17(16)23-19(5-2,6-3)18(20)22/h11-12,14,21H,4-10,13H2,1-3H3. The Kier molecular flexibility index (Phi) is 5.91. The number of carbonyl (C=O) groups is 1. The Labute approximate surface area is 139 Å². The molecule has 1 aromatic carbocycles. The zero-order valence-electron chi connectivity index (χ0n) is 14.6. The summed E-state index contributed by atoms with van der Waals surface area (Å²) in [5, 5.41) is 9.75. The molecule has 1 aromatic rings. The number of carbonyl (C=O) groups excluding carboxylic acids is 1. The van der Waals surface area contributed by atoms with Crippen LogP contribution in [-0.2, 0) is 4.79 Å². The third-order valence-electron chi connectivity index (χ3n) is 4.80. The first-order chi connectivity index (χ1) is 11.1. The van der Waals surface area contributed by atoms with Crippen LogP contribution in [0.2, 0.25) is 0 Å². The molecule has 0 aromatic heterocycles. The van der Waals surface area contributed by atoms with Gasteiger partial charge in [-0.05, 0) is 31.4 Å². The number of rotatable bonds is 8. The quantitative estimate of drug-likeness (QED) is 0.710. The lowest BCUT2D eigenvalue weighted by Crippen LogP contribution is -2.55. The van der Waals surface area contributed by atoms with Gasteiger partial charge in [-0.15, -0.1) is 0 Å². The number of benzene rings is 1. The van der Waals surface area contributed by atoms with E-state index >= 15 is 0 Å². The number of hydrogen-bond acceptors (Lipinski definition) is 3. The van der Waals surface area contributed by atoms with Crippen molar-refractivity contribution in [3.63, 3.8) is 0 Å². The number of ether oxygens (including phenoxy) is 1. The Bertz CT molecular complexity index is 537. The minimum absolute atomic E-state index is 0.0520. The van der Waals surface area contributed by atoms with Crippen molar-refractivity contribution < 1.29 is 14.6 Å². The Balaban J connectivity index is 2.22. The molecular weight excluding hydrogens is 290 g/mol. The number of amides is 1. The summed E-state index contributed by atoms with van der Waals surface area (Å²) in [7, 11) is 0. The van der Waals surface area contributed by atoms with Gasteiger partial charge in [-0.1, -0.05) is 46.5 Å². The fraction of sp³-hybridized carbons (Fsp3) is 0.632. The van der Waals surface area contributed by atoms with Crippen LogP contribution in [0.3, 0.4) is 0 Å². The summed E-state index contributed by atoms with van der Waals surface area (Å²) in [6, 6.07) is 5.01. The van der Waals surface area contributed by atoms with Gasteiger partial charge in [0.2, 0.25) is 0 Å². The van der Waals surface area contributed by atoms with Crippen molar-refractivity contribution in [2.45, 2.75) is 71.3 Å². The van der Waals surface area contributed by atoms with Crippen molar-refractivity contribution in [3.8, 4) is 11.5 Å². The predicted molar refractivity (Wildman–Crippen MR) is 93.2 cm³/mol. The minimum Gasteiger partial charge on any atom is -0.508 e. The number of aromatic hydroxyl groups is 1. The lowest BCUT2D eigenvalue weighted by Gasteiger charge is -2.42. The van der Waals surface area contributed by atoms with E-state index in [4.69, 9.17) is 4.74 Å². The first-order valence-corrected chi connectivity index (χ1v) is 8.92. The maximum atomic E-state index is 13.0. The van der Waals surface area contributed by atoms with Crippen molar-refractivity contribution in [1.29, 1.82) is 0 Å². The highest BCUT2D eigenvalue weighted by Gasteiger charge is 2.45. The van der Waals surface area contributed by atoms with Crippen molar-refractivity contribution in [2.24, 2.45) is 0 Å². The van der Waals surface area contributed by atoms with Gasteiger partial charge in [-0.25, -0.2) is 0 Å². The van der Waals surface area contributed by atoms with E-state index in [-0.39, 0.29) is 11.7 Å². The Morgan fingerprint density at radius 2 is 1.78 bits per heavy atom. The maximum absolute atomic E-state index is 13.0. The van der Waals surface area contributed by atoms with Crippen LogP contribution in [0, 0.1) is 0 Å². The van der Waals surface area contributed by atoms with E-state index in [0.29, 0.717) is 25.1 Å². The van der Waals surface area contributed by atoms with Gasteiger partial charge in [0, 0.05) is 12.6 Å². The molecular formula is C19H29NO3. The van der Waals surface area contributed by atoms with E-state index in [0.717, 1.165) is 18.5 Å². The van der Waals surface area contributed by atoms with E-state index in [9.17, 15) is 9.90 Å². The number of nitrogens with zero attached hydrogens (tertiary/aromatic N) is 1. The number of anilines is 1. The predicted octanol–water partition coefficient (Wildman–Crippen LogP) is 4.65. The second-order valence-corrected chi connectivity index (χ2v) is 6.33. The maximum Gasteiger partial charge on any atom is 0.271 e. The van der Waals surface area contributed by atoms with Crippen LogP contribution < -0.4 is 9.64 Å². The molecule has 1 heterocycles. The topological polar surface area (TPSA) is 49.8 Å². The Morgan fingerprint density at radius 1 is 1.09 bits per heavy atom. The molecule has 0 aliphatic carbocycles. The molecule has 1 amide bonds. The SMILES string of the molecule is CCCCCCCN1C(=O)C(CC)(CC)Oc2cc(O)ccc21. The van der Waals surface area contributed by atoms with Crippen LogP contribution in [0.1, 0.15) is 65.7 Å². The molecule has 1 aliphatic rings. The summed E-state index contributed by atoms with van der Waals surface area (Å²) >= 11 is 0. The first kappa shape index (κ1) is 17.6. The van der Waals surface area contributed by atoms with Crippen LogP contribution >= 0.6 is 0 Å². The van der Waals surface area contributed by atoms with Gasteiger partial charge in [0.15, 0.2) is 5.60 Å². The summed E-state index contributed by atoms with van der Waals surface area (Å²) in [6.07, 6.45) is 7.06. The van der Waals surface area contributed by atoms with Crippen LogP contribution in [-0.4, -0.2) is 23.2 Å². The summed E-state index contributed by atoms with van der Waals surface area (Å²) in [4.78, 5) is 14.9. The number of hydrogen-bond donors (Lipinski definition) is 1. The summed E-state index contributed by atoms with van der Waals surface area (Å²) in [6.45, 7) is 6.87. The molecule has 0 fully saturated rings. The molecule has 0 atom stereocenters. The molecule has 4 heteroatoms. The lowest BCUT2D eigenvalue weighted by atomic mass is 9.92. The van der Waals surface area contributed by atoms with Crippen LogP contribution in [0.4, 0.5) is 5.69 Å². The average Bonchev–Trinajstić information content (AvgIpc) is 2.56. The van der Waals surface area contributed by atoms with Crippen LogP contribution in [0.5, 0.6) is 11.5 Å². The van der Waals surface area contributed by atoms with E-state index in [1.54, 1.807) is 18.2 Å². The molecule has 2 rings (SSSR count). The molecule has 0 radical (unpaired) electrons. The second-order valence-electron chi connectivity index (χ2n) is 6.33. The summed E-state index contributed by atoms with van der Waals surface area (Å²) in [5.41, 5.74) is -0.0228. The molecule has 0 unspecified atom stereocenters. The largest absolute Gasteiger partial charge is 0.508 e. The highest BCUT2D eigenvalue weighted by molar-refractivity contribution is 6.02. The van der Waals surface area contributed by atoms with Gasteiger partial charge in [-0.3, -0.25) is 4.79 Å². The van der Waals surface area contributed by atoms with Gasteiger partial charge >= 0.3 is 0 Å². The lowest BCUT2D eigenvalue weighted by molar-refractivity contribution is -0.136. The molecule has 4 nitrogen and oxygen atoms in total. The highest BCUT2D eigenvalue weighted by atomic mass is 16.5. The third-order valence-corrected chi connectivity index (χ3v) is 4.80. The smallest absolute Gasteiger partial charge is 0.271 e. The number of phenols is 1. The van der Waals surface area contributed by atoms with Crippen LogP contribution in [0.15, 0.2) is 18.2 Å². The molecule has 0 saturated carbocycles. The van der Waals surface area contributed by atoms with Crippen molar-refractivity contribution in [2.75, 3.05) is 11.4 Å². The third kappa shape index (κ3) is 3.62. The summed E-state index contributed by atoms with van der Waals surface area (Å²) < 4.78 is 6.03. The highest BCUT2D eigenvalue weighted by Crippen LogP contribution is 2.42. The molecule has 23 heavy (non-hydrogen) atoms. The molecule has 0 bridgehead atoms. The summed E-state index contributed by atoms with van der Waals surface area (Å²) in [5.74, 6) is 0.833. The normalized spacial score (nSPS) is 16.1. The van der Waals surface area contributed by atoms with Gasteiger partial charge in [0.25, 0.3) is 5.91 Å². The molecule has 1 N–H and O–H groups in total. The van der Waals surface area contributed by atoms with E-state index in [2.05, 4.69) is 6.92 Å². The average molecular weight is 319 g/mol. The molecule has 128 valence electrons. The number of phenolic OH excluding ortho intramolecular Hbond substituents is 1. The van der Waals surface area contributed by atoms with Crippen molar-refractivity contribution in [1.82, 2.24) is 0 Å². The molecule has 0 spiro atoms. The number of fused-ring (bicyclic) bond motifs is 1. The van der Waals surface area contributed by atoms with Gasteiger partial charge < -0.3 is 14.7 Å². The minimum atomic E-state index is -0.801. The fourth-order valence-electron chi connectivity index (χ4n) is 3.21. The van der Waals surface area contributed by atoms with Crippen molar-refractivity contribution >= 4 is 11.6 Å². The van der Waals surface area contributed by atoms with Gasteiger partial charge in [-0.2, -0.15) is 0 Å². The van der Waals surface area contributed by atoms with E-state index < -0.39 is 5.60 Å². The second kappa shape index (κ2) is 7.71. The fourth-order valence-corrected chi connectivity index (χ4v) is 3.21. The van der Waals surface area contributed by atoms with Gasteiger partial charge in [0.1, 0.15) is 11.5 Å². The molecule has 0 saturated heterocycles. The van der Waals surface area contributed by atoms with Gasteiger partial charge in [0.05, 0.1) is 5.69 Å². The number of unbranched alkanes of at least 4 members (excludes halogenated alkanes) is 4. The monoisotopic (exact) mass is 319 g/mol. The Morgan fingerprint density at radius 3 is 2.43 bits per heavy atom. The first-order valence-electron chi connectivity index (χ1n) is 8.92. The van der Waals surface area contributed by atoms with Crippen LogP contribution in [0.25, 0.3) is 0 Å².